The highest BCUT2D eigenvalue weighted by atomic mass is 31.2. The predicted octanol–water partition coefficient (Wildman–Crippen LogP) is 17.3. The van der Waals surface area contributed by atoms with Crippen LogP contribution in [0.5, 0.6) is 0 Å². The van der Waals surface area contributed by atoms with Crippen LogP contribution in [-0.4, -0.2) is 96.7 Å². The third kappa shape index (κ3) is 57.2. The highest BCUT2D eigenvalue weighted by Gasteiger charge is 2.30. The van der Waals surface area contributed by atoms with E-state index in [1.165, 1.54) is 122 Å². The van der Waals surface area contributed by atoms with E-state index in [2.05, 4.69) is 41.5 Å². The second-order valence-electron chi connectivity index (χ2n) is 23.7. The van der Waals surface area contributed by atoms with Gasteiger partial charge in [-0.1, -0.05) is 260 Å². The lowest BCUT2D eigenvalue weighted by Gasteiger charge is -2.21. The van der Waals surface area contributed by atoms with Crippen LogP contribution in [0.2, 0.25) is 0 Å². The molecule has 0 amide bonds. The number of hydrogen-bond acceptors (Lipinski definition) is 15. The Labute approximate surface area is 498 Å². The van der Waals surface area contributed by atoms with Crippen molar-refractivity contribution in [2.24, 2.45) is 11.8 Å². The number of aliphatic hydroxyl groups excluding tert-OH is 1. The van der Waals surface area contributed by atoms with E-state index in [0.717, 1.165) is 108 Å². The fourth-order valence-electron chi connectivity index (χ4n) is 9.35. The highest BCUT2D eigenvalue weighted by molar-refractivity contribution is 7.47. The fraction of sp³-hybridized carbons (Fsp3) is 0.937. The smallest absolute Gasteiger partial charge is 0.462 e. The quantitative estimate of drug-likeness (QED) is 0.0222. The SMILES string of the molecule is CCCCCCCC(=O)OC[C@H](COP(=O)(O)OC[C@H](O)COP(=O)(O)OC[C@@H](COC(=O)CCCCCCCCCCCCCCCC(C)C)OC(=O)CCCCCCCCCCCCCCCC(C)C)OC(=O)CCCCCCC. The van der Waals surface area contributed by atoms with Gasteiger partial charge in [-0.2, -0.15) is 0 Å². The van der Waals surface area contributed by atoms with Crippen molar-refractivity contribution in [2.75, 3.05) is 39.6 Å². The second kappa shape index (κ2) is 55.6. The Kier molecular flexibility index (Phi) is 54.3. The molecule has 0 aromatic carbocycles. The first-order chi connectivity index (χ1) is 39.4. The maximum absolute atomic E-state index is 13.0. The molecule has 17 nitrogen and oxygen atoms in total. The molecule has 0 saturated carbocycles. The molecule has 0 heterocycles. The molecule has 0 fully saturated rings. The van der Waals surface area contributed by atoms with Gasteiger partial charge < -0.3 is 33.8 Å². The van der Waals surface area contributed by atoms with E-state index in [-0.39, 0.29) is 25.7 Å². The maximum Gasteiger partial charge on any atom is 0.472 e. The standard InChI is InChI=1S/C63H122O17P2/c1-7-9-11-31-39-45-60(65)73-51-58(79-62(67)47-41-32-12-10-8-2)53-77-81(69,70)75-49-57(64)50-76-82(71,72)78-54-59(80-63(68)48-42-36-30-26-22-18-14-16-20-24-28-34-38-44-56(5)6)52-74-61(66)46-40-35-29-25-21-17-13-15-19-23-27-33-37-43-55(3)4/h55-59,64H,7-54H2,1-6H3,(H,69,70)(H,71,72)/t57-,58+,59+/m0/s1. The van der Waals surface area contributed by atoms with Crippen LogP contribution >= 0.6 is 15.6 Å². The van der Waals surface area contributed by atoms with Gasteiger partial charge in [0.2, 0.25) is 0 Å². The molecule has 0 radical (unpaired) electrons. The van der Waals surface area contributed by atoms with Gasteiger partial charge in [0.25, 0.3) is 0 Å². The molecule has 0 spiro atoms. The highest BCUT2D eigenvalue weighted by Crippen LogP contribution is 2.45. The minimum atomic E-state index is -4.94. The molecule has 0 saturated heterocycles. The van der Waals surface area contributed by atoms with Gasteiger partial charge in [-0.05, 0) is 37.5 Å². The number of hydrogen-bond donors (Lipinski definition) is 3. The van der Waals surface area contributed by atoms with Crippen LogP contribution in [0, 0.1) is 11.8 Å². The molecule has 0 bridgehead atoms. The van der Waals surface area contributed by atoms with Crippen molar-refractivity contribution in [2.45, 2.75) is 330 Å². The Morgan fingerprint density at radius 1 is 0.329 bits per heavy atom. The number of phosphoric ester groups is 2. The first-order valence-corrected chi connectivity index (χ1v) is 36.0. The average Bonchev–Trinajstić information content (AvgIpc) is 3.43. The molecule has 19 heteroatoms. The van der Waals surface area contributed by atoms with Crippen molar-refractivity contribution in [3.8, 4) is 0 Å². The zero-order chi connectivity index (χ0) is 60.8. The van der Waals surface area contributed by atoms with Gasteiger partial charge >= 0.3 is 39.5 Å². The summed E-state index contributed by atoms with van der Waals surface area (Å²) < 4.78 is 67.5. The normalized spacial score (nSPS) is 14.3. The predicted molar refractivity (Wildman–Crippen MR) is 326 cm³/mol. The van der Waals surface area contributed by atoms with Crippen LogP contribution in [0.15, 0.2) is 0 Å². The van der Waals surface area contributed by atoms with Crippen LogP contribution in [0.4, 0.5) is 0 Å². The van der Waals surface area contributed by atoms with Gasteiger partial charge in [0.05, 0.1) is 26.4 Å². The molecule has 0 aliphatic carbocycles. The van der Waals surface area contributed by atoms with Gasteiger partial charge in [0.15, 0.2) is 12.2 Å². The second-order valence-corrected chi connectivity index (χ2v) is 26.7. The molecule has 5 atom stereocenters. The molecule has 0 aliphatic rings. The Bertz CT molecular complexity index is 1620. The zero-order valence-electron chi connectivity index (χ0n) is 52.8. The number of carbonyl (C=O) groups excluding carboxylic acids is 4. The van der Waals surface area contributed by atoms with Crippen molar-refractivity contribution in [3.63, 3.8) is 0 Å². The Hall–Kier alpha value is -1.94. The topological polar surface area (TPSA) is 237 Å². The van der Waals surface area contributed by atoms with E-state index in [4.69, 9.17) is 37.0 Å². The van der Waals surface area contributed by atoms with Gasteiger partial charge in [0.1, 0.15) is 19.3 Å². The first kappa shape index (κ1) is 80.1. The number of carbonyl (C=O) groups is 4. The molecule has 0 aromatic rings. The van der Waals surface area contributed by atoms with Crippen molar-refractivity contribution in [3.05, 3.63) is 0 Å². The molecule has 0 rings (SSSR count). The Balaban J connectivity index is 5.10. The number of esters is 4. The van der Waals surface area contributed by atoms with Gasteiger partial charge in [0, 0.05) is 25.7 Å². The third-order valence-electron chi connectivity index (χ3n) is 14.5. The lowest BCUT2D eigenvalue weighted by Crippen LogP contribution is -2.30. The molecule has 0 aliphatic heterocycles. The average molecular weight is 1210 g/mol. The minimum absolute atomic E-state index is 0.0986. The first-order valence-electron chi connectivity index (χ1n) is 33.0. The fourth-order valence-corrected chi connectivity index (χ4v) is 10.9. The van der Waals surface area contributed by atoms with Gasteiger partial charge in [-0.15, -0.1) is 0 Å². The van der Waals surface area contributed by atoms with E-state index in [9.17, 15) is 43.2 Å². The third-order valence-corrected chi connectivity index (χ3v) is 16.4. The number of phosphoric acid groups is 2. The Morgan fingerprint density at radius 3 is 0.829 bits per heavy atom. The number of ether oxygens (including phenoxy) is 4. The van der Waals surface area contributed by atoms with Crippen molar-refractivity contribution in [1.82, 2.24) is 0 Å². The lowest BCUT2D eigenvalue weighted by atomic mass is 10.0. The summed E-state index contributed by atoms with van der Waals surface area (Å²) in [5.74, 6) is -0.579. The molecule has 2 unspecified atom stereocenters. The maximum atomic E-state index is 13.0. The van der Waals surface area contributed by atoms with E-state index in [1.54, 1.807) is 0 Å². The summed E-state index contributed by atoms with van der Waals surface area (Å²) in [6.45, 7) is 9.34. The summed E-state index contributed by atoms with van der Waals surface area (Å²) in [6.07, 6.45) is 38.4. The van der Waals surface area contributed by atoms with E-state index in [1.807, 2.05) is 0 Å². The Morgan fingerprint density at radius 2 is 0.561 bits per heavy atom. The number of unbranched alkanes of at least 4 members (excludes halogenated alkanes) is 32. The van der Waals surface area contributed by atoms with Gasteiger partial charge in [-0.25, -0.2) is 9.13 Å². The summed E-state index contributed by atoms with van der Waals surface area (Å²) in [6, 6.07) is 0. The molecule has 82 heavy (non-hydrogen) atoms. The summed E-state index contributed by atoms with van der Waals surface area (Å²) in [5, 5.41) is 10.5. The molecule has 486 valence electrons. The van der Waals surface area contributed by atoms with E-state index in [0.29, 0.717) is 25.7 Å². The summed E-state index contributed by atoms with van der Waals surface area (Å²) in [4.78, 5) is 71.7. The number of aliphatic hydroxyl groups is 1. The van der Waals surface area contributed by atoms with Crippen LogP contribution in [-0.2, 0) is 65.4 Å². The monoisotopic (exact) mass is 1210 g/mol. The largest absolute Gasteiger partial charge is 0.472 e. The van der Waals surface area contributed by atoms with Crippen molar-refractivity contribution >= 4 is 39.5 Å². The van der Waals surface area contributed by atoms with Crippen LogP contribution in [0.1, 0.15) is 311 Å². The van der Waals surface area contributed by atoms with Crippen molar-refractivity contribution in [1.29, 1.82) is 0 Å². The van der Waals surface area contributed by atoms with Crippen LogP contribution in [0.25, 0.3) is 0 Å². The van der Waals surface area contributed by atoms with Gasteiger partial charge in [-0.3, -0.25) is 37.3 Å². The van der Waals surface area contributed by atoms with E-state index < -0.39 is 97.5 Å². The summed E-state index contributed by atoms with van der Waals surface area (Å²) in [5.41, 5.74) is 0. The molecule has 0 aromatic heterocycles. The van der Waals surface area contributed by atoms with Crippen LogP contribution < -0.4 is 0 Å². The summed E-state index contributed by atoms with van der Waals surface area (Å²) in [7, 11) is -9.87. The van der Waals surface area contributed by atoms with E-state index >= 15 is 0 Å². The molecular formula is C63H122O17P2. The van der Waals surface area contributed by atoms with Crippen LogP contribution in [0.3, 0.4) is 0 Å². The minimum Gasteiger partial charge on any atom is -0.462 e. The lowest BCUT2D eigenvalue weighted by molar-refractivity contribution is -0.161. The number of rotatable bonds is 62. The summed E-state index contributed by atoms with van der Waals surface area (Å²) >= 11 is 0. The molecule has 3 N–H and O–H groups in total. The van der Waals surface area contributed by atoms with Crippen molar-refractivity contribution < 1.29 is 80.2 Å². The zero-order valence-corrected chi connectivity index (χ0v) is 54.6. The molecular weight excluding hydrogens is 1090 g/mol.